The van der Waals surface area contributed by atoms with Gasteiger partial charge in [0.25, 0.3) is 0 Å². The van der Waals surface area contributed by atoms with Gasteiger partial charge in [0.15, 0.2) is 10.1 Å². The minimum Gasteiger partial charge on any atom is -0.741 e. The Morgan fingerprint density at radius 1 is 0.788 bits per heavy atom. The maximum Gasteiger partial charge on any atom is 0.485 e. The van der Waals surface area contributed by atoms with Crippen LogP contribution >= 0.6 is 0 Å². The fraction of sp³-hybridized carbons (Fsp3) is 0.0833. The fourth-order valence-electron chi connectivity index (χ4n) is 2.98. The molecule has 0 aliphatic heterocycles. The largest absolute Gasteiger partial charge is 0.741 e. The standard InChI is InChI=1S/C23H19SeTe.CHF3O3S/c1-25(20-14-6-3-7-15-20)22-17-9-11-18-10-8-16-21(23(18)22)24-19-12-4-2-5-13-19;2-1(3,4)8(5,6)7/h2-17H,1H3;(H,5,6,7)/q+1;/p-1. The van der Waals surface area contributed by atoms with Crippen molar-refractivity contribution in [2.75, 3.05) is 0 Å². The minimum absolute atomic E-state index is 0.340. The third-order valence-corrected chi connectivity index (χ3v) is 13.0. The zero-order valence-electron chi connectivity index (χ0n) is 17.3. The van der Waals surface area contributed by atoms with Gasteiger partial charge in [-0.25, -0.2) is 8.42 Å². The maximum absolute atomic E-state index is 10.7. The van der Waals surface area contributed by atoms with Crippen molar-refractivity contribution in [1.82, 2.24) is 0 Å². The number of hydrogen-bond donors (Lipinski definition) is 0. The number of rotatable bonds is 4. The Balaban J connectivity index is 0.000000331. The molecule has 0 unspecified atom stereocenters. The van der Waals surface area contributed by atoms with E-state index in [1.54, 1.807) is 7.22 Å². The van der Waals surface area contributed by atoms with Gasteiger partial charge >= 0.3 is 169 Å². The van der Waals surface area contributed by atoms with Crippen molar-refractivity contribution in [3.05, 3.63) is 97.1 Å². The van der Waals surface area contributed by atoms with Crippen LogP contribution in [0.15, 0.2) is 97.1 Å². The molecule has 4 aromatic rings. The van der Waals surface area contributed by atoms with E-state index in [0.29, 0.717) is 15.0 Å². The second kappa shape index (κ2) is 11.0. The molecule has 0 saturated heterocycles. The molecule has 33 heavy (non-hydrogen) atoms. The van der Waals surface area contributed by atoms with E-state index in [9.17, 15) is 13.2 Å². The first-order valence-corrected chi connectivity index (χ1v) is 17.3. The molecule has 0 amide bonds. The molecule has 0 bridgehead atoms. The molecule has 0 aliphatic rings. The van der Waals surface area contributed by atoms with Crippen LogP contribution in [0.1, 0.15) is 0 Å². The Bertz CT molecular complexity index is 1310. The normalized spacial score (nSPS) is 11.8. The van der Waals surface area contributed by atoms with Gasteiger partial charge in [-0.15, -0.1) is 0 Å². The van der Waals surface area contributed by atoms with Crippen molar-refractivity contribution >= 4 is 71.5 Å². The first kappa shape index (κ1) is 25.8. The Hall–Kier alpha value is -1.85. The van der Waals surface area contributed by atoms with Crippen LogP contribution in [0, 0.1) is 0 Å². The van der Waals surface area contributed by atoms with Crippen molar-refractivity contribution in [1.29, 1.82) is 0 Å². The Morgan fingerprint density at radius 3 is 1.85 bits per heavy atom. The van der Waals surface area contributed by atoms with Gasteiger partial charge in [-0.1, -0.05) is 0 Å². The molecule has 0 aromatic heterocycles. The predicted octanol–water partition coefficient (Wildman–Crippen LogP) is 2.79. The van der Waals surface area contributed by atoms with Crippen molar-refractivity contribution in [3.63, 3.8) is 0 Å². The Kier molecular flexibility index (Phi) is 8.63. The van der Waals surface area contributed by atoms with Crippen LogP contribution in [0.5, 0.6) is 0 Å². The molecular formula is C24H19F3O3SSeTe. The van der Waals surface area contributed by atoms with Crippen LogP contribution in [-0.4, -0.2) is 53.0 Å². The summed E-state index contributed by atoms with van der Waals surface area (Å²) in [6.45, 7) is 0. The van der Waals surface area contributed by atoms with Crippen LogP contribution in [0.25, 0.3) is 10.8 Å². The molecule has 0 aliphatic carbocycles. The van der Waals surface area contributed by atoms with Gasteiger partial charge in [-0.05, 0) is 0 Å². The van der Waals surface area contributed by atoms with Gasteiger partial charge in [0, 0.05) is 0 Å². The average Bonchev–Trinajstić information content (AvgIpc) is 2.79. The second-order valence-corrected chi connectivity index (χ2v) is 16.0. The van der Waals surface area contributed by atoms with E-state index < -0.39 is 35.2 Å². The third kappa shape index (κ3) is 6.83. The molecule has 0 heterocycles. The summed E-state index contributed by atoms with van der Waals surface area (Å²) >= 11 is -1.21. The SMILES string of the molecule is C[Te+](c1ccccc1)c1cccc2cccc([Se]c3ccccc3)c12.O=S(=O)([O-])C(F)(F)F. The van der Waals surface area contributed by atoms with E-state index >= 15 is 0 Å². The first-order chi connectivity index (χ1) is 15.6. The number of alkyl halides is 3. The fourth-order valence-corrected chi connectivity index (χ4v) is 10.3. The molecule has 4 aromatic carbocycles. The molecule has 3 nitrogen and oxygen atoms in total. The smallest absolute Gasteiger partial charge is 0.485 e. The number of halogens is 3. The number of benzene rings is 4. The molecule has 9 heteroatoms. The van der Waals surface area contributed by atoms with E-state index in [4.69, 9.17) is 13.0 Å². The molecule has 0 fully saturated rings. The summed E-state index contributed by atoms with van der Waals surface area (Å²) in [7, 11) is -6.09. The van der Waals surface area contributed by atoms with Crippen LogP contribution in [0.4, 0.5) is 13.2 Å². The number of hydrogen-bond acceptors (Lipinski definition) is 3. The van der Waals surface area contributed by atoms with Crippen LogP contribution in [0.2, 0.25) is 4.97 Å². The molecule has 0 N–H and O–H groups in total. The monoisotopic (exact) mass is 654 g/mol. The van der Waals surface area contributed by atoms with Gasteiger partial charge in [0.1, 0.15) is 0 Å². The van der Waals surface area contributed by atoms with Crippen molar-refractivity contribution in [3.8, 4) is 0 Å². The summed E-state index contributed by atoms with van der Waals surface area (Å²) in [4.78, 5) is 2.49. The van der Waals surface area contributed by atoms with E-state index in [-0.39, 0.29) is 0 Å². The molecular weight excluding hydrogens is 632 g/mol. The summed E-state index contributed by atoms with van der Waals surface area (Å²) < 4.78 is 65.0. The quantitative estimate of drug-likeness (QED) is 0.194. The van der Waals surface area contributed by atoms with Crippen molar-refractivity contribution < 1.29 is 26.1 Å². The van der Waals surface area contributed by atoms with Gasteiger partial charge < -0.3 is 4.55 Å². The molecule has 0 saturated carbocycles. The average molecular weight is 651 g/mol. The topological polar surface area (TPSA) is 57.2 Å². The molecule has 4 rings (SSSR count). The molecule has 0 atom stereocenters. The molecule has 0 radical (unpaired) electrons. The summed E-state index contributed by atoms with van der Waals surface area (Å²) in [6, 6.07) is 35.6. The number of fused-ring (bicyclic) bond motifs is 1. The maximum atomic E-state index is 10.7. The summed E-state index contributed by atoms with van der Waals surface area (Å²) in [5.41, 5.74) is -5.65. The van der Waals surface area contributed by atoms with Gasteiger partial charge in [-0.2, -0.15) is 13.2 Å². The first-order valence-electron chi connectivity index (χ1n) is 9.56. The van der Waals surface area contributed by atoms with E-state index in [1.807, 2.05) is 0 Å². The zero-order valence-corrected chi connectivity index (χ0v) is 22.2. The predicted molar refractivity (Wildman–Crippen MR) is 128 cm³/mol. The van der Waals surface area contributed by atoms with E-state index in [2.05, 4.69) is 102 Å². The van der Waals surface area contributed by atoms with E-state index in [0.717, 1.165) is 0 Å². The third-order valence-electron chi connectivity index (χ3n) is 4.51. The summed E-state index contributed by atoms with van der Waals surface area (Å²) in [6.07, 6.45) is 0. The van der Waals surface area contributed by atoms with Crippen molar-refractivity contribution in [2.24, 2.45) is 0 Å². The van der Waals surface area contributed by atoms with Gasteiger partial charge in [-0.3, -0.25) is 0 Å². The van der Waals surface area contributed by atoms with Crippen molar-refractivity contribution in [2.45, 2.75) is 10.5 Å². The van der Waals surface area contributed by atoms with Crippen LogP contribution in [0.3, 0.4) is 0 Å². The summed E-state index contributed by atoms with van der Waals surface area (Å²) in [5, 5.41) is 2.90. The molecule has 0 spiro atoms. The van der Waals surface area contributed by atoms with Gasteiger partial charge in [0.2, 0.25) is 0 Å². The Morgan fingerprint density at radius 2 is 1.30 bits per heavy atom. The zero-order chi connectivity index (χ0) is 24.1. The summed E-state index contributed by atoms with van der Waals surface area (Å²) in [5.74, 6) is 0. The second-order valence-electron chi connectivity index (χ2n) is 6.75. The van der Waals surface area contributed by atoms with E-state index in [1.165, 1.54) is 19.7 Å². The van der Waals surface area contributed by atoms with Crippen LogP contribution < -0.4 is 16.1 Å². The van der Waals surface area contributed by atoms with Gasteiger partial charge in [0.05, 0.1) is 0 Å². The van der Waals surface area contributed by atoms with Crippen LogP contribution in [-0.2, 0) is 10.1 Å². The Labute approximate surface area is 204 Å². The molecule has 172 valence electrons. The minimum atomic E-state index is -6.09.